The molecule has 0 saturated heterocycles. The molecule has 0 saturated carbocycles. The van der Waals surface area contributed by atoms with Crippen LogP contribution in [-0.2, 0) is 11.3 Å². The van der Waals surface area contributed by atoms with E-state index in [9.17, 15) is 14.7 Å². The van der Waals surface area contributed by atoms with Gasteiger partial charge in [-0.3, -0.25) is 4.79 Å². The second-order valence-corrected chi connectivity index (χ2v) is 5.21. The Labute approximate surface area is 107 Å². The summed E-state index contributed by atoms with van der Waals surface area (Å²) < 4.78 is 1.79. The average Bonchev–Trinajstić information content (AvgIpc) is 3.04. The number of carbonyl (C=O) groups is 2. The summed E-state index contributed by atoms with van der Waals surface area (Å²) >= 11 is 1.39. The van der Waals surface area contributed by atoms with Crippen LogP contribution in [0.2, 0.25) is 0 Å². The van der Waals surface area contributed by atoms with E-state index in [1.165, 1.54) is 11.3 Å². The van der Waals surface area contributed by atoms with Gasteiger partial charge in [-0.1, -0.05) is 6.07 Å². The number of rotatable bonds is 3. The van der Waals surface area contributed by atoms with Crippen molar-refractivity contribution in [3.8, 4) is 0 Å². The van der Waals surface area contributed by atoms with E-state index < -0.39 is 11.9 Å². The van der Waals surface area contributed by atoms with Crippen LogP contribution < -0.4 is 5.11 Å². The maximum absolute atomic E-state index is 12.2. The zero-order valence-corrected chi connectivity index (χ0v) is 10.3. The molecule has 0 radical (unpaired) electrons. The minimum Gasteiger partial charge on any atom is -0.549 e. The summed E-state index contributed by atoms with van der Waals surface area (Å²) in [6.45, 7) is 0.563. The summed E-state index contributed by atoms with van der Waals surface area (Å²) in [5.74, 6) is -1.70. The zero-order chi connectivity index (χ0) is 12.7. The standard InChI is InChI=1S/C13H11NO3S/c15-12(11-2-1-7-18-11)10-4-3-9-8(13(16)17)5-6-14(9)10/h1-4,7-8H,5-6H2,(H,16,17)/p-1. The number of nitrogens with zero attached hydrogens (tertiary/aromatic N) is 1. The molecular formula is C13H10NO3S-. The summed E-state index contributed by atoms with van der Waals surface area (Å²) in [6, 6.07) is 7.02. The molecule has 0 amide bonds. The van der Waals surface area contributed by atoms with Gasteiger partial charge in [-0.05, 0) is 30.0 Å². The van der Waals surface area contributed by atoms with Gasteiger partial charge < -0.3 is 14.5 Å². The number of carbonyl (C=O) groups excluding carboxylic acids is 2. The van der Waals surface area contributed by atoms with E-state index in [-0.39, 0.29) is 5.78 Å². The van der Waals surface area contributed by atoms with Crippen molar-refractivity contribution in [2.24, 2.45) is 0 Å². The molecule has 0 aromatic carbocycles. The fourth-order valence-electron chi connectivity index (χ4n) is 2.41. The molecule has 1 atom stereocenters. The fraction of sp³-hybridized carbons (Fsp3) is 0.231. The van der Waals surface area contributed by atoms with E-state index in [0.717, 1.165) is 0 Å². The first-order valence-electron chi connectivity index (χ1n) is 5.67. The molecule has 1 aliphatic heterocycles. The van der Waals surface area contributed by atoms with E-state index in [2.05, 4.69) is 0 Å². The Morgan fingerprint density at radius 2 is 2.17 bits per heavy atom. The number of aromatic nitrogens is 1. The lowest BCUT2D eigenvalue weighted by molar-refractivity contribution is -0.307. The van der Waals surface area contributed by atoms with Gasteiger partial charge in [0.05, 0.1) is 16.5 Å². The monoisotopic (exact) mass is 260 g/mol. The van der Waals surface area contributed by atoms with Gasteiger partial charge in [0.25, 0.3) is 0 Å². The number of thiophene rings is 1. The predicted octanol–water partition coefficient (Wildman–Crippen LogP) is 1.02. The molecule has 4 nitrogen and oxygen atoms in total. The highest BCUT2D eigenvalue weighted by atomic mass is 32.1. The van der Waals surface area contributed by atoms with Crippen molar-refractivity contribution in [2.75, 3.05) is 0 Å². The first-order chi connectivity index (χ1) is 8.68. The molecule has 1 aliphatic rings. The van der Waals surface area contributed by atoms with Crippen LogP contribution in [0.25, 0.3) is 0 Å². The van der Waals surface area contributed by atoms with Crippen molar-refractivity contribution in [2.45, 2.75) is 18.9 Å². The summed E-state index contributed by atoms with van der Waals surface area (Å²) in [6.07, 6.45) is 0.503. The maximum Gasteiger partial charge on any atom is 0.219 e. The van der Waals surface area contributed by atoms with Gasteiger partial charge in [-0.15, -0.1) is 11.3 Å². The Morgan fingerprint density at radius 3 is 2.83 bits per heavy atom. The molecule has 2 aromatic heterocycles. The minimum atomic E-state index is -1.07. The van der Waals surface area contributed by atoms with Crippen LogP contribution in [0.15, 0.2) is 29.6 Å². The number of fused-ring (bicyclic) bond motifs is 1. The highest BCUT2D eigenvalue weighted by molar-refractivity contribution is 7.12. The molecule has 0 spiro atoms. The van der Waals surface area contributed by atoms with Gasteiger partial charge in [-0.2, -0.15) is 0 Å². The van der Waals surface area contributed by atoms with Gasteiger partial charge in [0.1, 0.15) is 0 Å². The van der Waals surface area contributed by atoms with E-state index in [1.54, 1.807) is 22.8 Å². The Morgan fingerprint density at radius 1 is 1.33 bits per heavy atom. The Kier molecular flexibility index (Phi) is 2.56. The number of ketones is 1. The van der Waals surface area contributed by atoms with Crippen molar-refractivity contribution in [1.29, 1.82) is 0 Å². The van der Waals surface area contributed by atoms with Gasteiger partial charge in [-0.25, -0.2) is 0 Å². The quantitative estimate of drug-likeness (QED) is 0.774. The highest BCUT2D eigenvalue weighted by Crippen LogP contribution is 2.31. The van der Waals surface area contributed by atoms with Crippen LogP contribution in [0.4, 0.5) is 0 Å². The summed E-state index contributed by atoms with van der Waals surface area (Å²) in [7, 11) is 0. The molecule has 1 unspecified atom stereocenters. The molecular weight excluding hydrogens is 250 g/mol. The first kappa shape index (κ1) is 11.2. The van der Waals surface area contributed by atoms with E-state index in [0.29, 0.717) is 29.2 Å². The predicted molar refractivity (Wildman–Crippen MR) is 64.5 cm³/mol. The molecule has 18 heavy (non-hydrogen) atoms. The maximum atomic E-state index is 12.2. The van der Waals surface area contributed by atoms with Crippen LogP contribution in [0.1, 0.15) is 33.4 Å². The number of carboxylic acid groups (broad SMARTS) is 1. The smallest absolute Gasteiger partial charge is 0.219 e. The topological polar surface area (TPSA) is 62.1 Å². The number of carboxylic acids is 1. The molecule has 3 heterocycles. The lowest BCUT2D eigenvalue weighted by atomic mass is 10.1. The molecule has 3 rings (SSSR count). The van der Waals surface area contributed by atoms with Gasteiger partial charge >= 0.3 is 0 Å². The molecule has 0 N–H and O–H groups in total. The fourth-order valence-corrected chi connectivity index (χ4v) is 3.09. The van der Waals surface area contributed by atoms with Crippen LogP contribution in [0, 0.1) is 0 Å². The van der Waals surface area contributed by atoms with Crippen molar-refractivity contribution in [3.05, 3.63) is 45.9 Å². The number of hydrogen-bond donors (Lipinski definition) is 0. The van der Waals surface area contributed by atoms with Crippen molar-refractivity contribution in [1.82, 2.24) is 4.57 Å². The lowest BCUT2D eigenvalue weighted by Gasteiger charge is -2.09. The third-order valence-electron chi connectivity index (χ3n) is 3.27. The lowest BCUT2D eigenvalue weighted by Crippen LogP contribution is -2.28. The third kappa shape index (κ3) is 1.59. The van der Waals surface area contributed by atoms with Crippen molar-refractivity contribution >= 4 is 23.1 Å². The highest BCUT2D eigenvalue weighted by Gasteiger charge is 2.27. The number of hydrogen-bond acceptors (Lipinski definition) is 4. The van der Waals surface area contributed by atoms with Crippen LogP contribution in [0.5, 0.6) is 0 Å². The van der Waals surface area contributed by atoms with Crippen LogP contribution >= 0.6 is 11.3 Å². The molecule has 0 fully saturated rings. The van der Waals surface area contributed by atoms with Crippen LogP contribution in [-0.4, -0.2) is 16.3 Å². The average molecular weight is 260 g/mol. The van der Waals surface area contributed by atoms with E-state index in [1.807, 2.05) is 11.4 Å². The molecule has 0 bridgehead atoms. The third-order valence-corrected chi connectivity index (χ3v) is 4.14. The minimum absolute atomic E-state index is 0.0461. The molecule has 5 heteroatoms. The Bertz CT molecular complexity index is 612. The summed E-state index contributed by atoms with van der Waals surface area (Å²) in [5.41, 5.74) is 1.24. The van der Waals surface area contributed by atoms with Crippen molar-refractivity contribution < 1.29 is 14.7 Å². The molecule has 92 valence electrons. The van der Waals surface area contributed by atoms with E-state index in [4.69, 9.17) is 0 Å². The number of aliphatic carboxylic acids is 1. The Hall–Kier alpha value is -1.88. The van der Waals surface area contributed by atoms with Gasteiger partial charge in [0.15, 0.2) is 0 Å². The normalized spacial score (nSPS) is 17.7. The second-order valence-electron chi connectivity index (χ2n) is 4.26. The van der Waals surface area contributed by atoms with Gasteiger partial charge in [0, 0.05) is 18.2 Å². The van der Waals surface area contributed by atoms with E-state index >= 15 is 0 Å². The SMILES string of the molecule is O=C(c1cccs1)c1ccc2n1CCC2C(=O)[O-]. The Balaban J connectivity index is 2.00. The van der Waals surface area contributed by atoms with Crippen LogP contribution in [0.3, 0.4) is 0 Å². The van der Waals surface area contributed by atoms with Crippen molar-refractivity contribution in [3.63, 3.8) is 0 Å². The summed E-state index contributed by atoms with van der Waals surface area (Å²) in [4.78, 5) is 23.9. The largest absolute Gasteiger partial charge is 0.549 e. The first-order valence-corrected chi connectivity index (χ1v) is 6.55. The molecule has 0 aliphatic carbocycles. The van der Waals surface area contributed by atoms with Gasteiger partial charge in [0.2, 0.25) is 5.78 Å². The summed E-state index contributed by atoms with van der Waals surface area (Å²) in [5, 5.41) is 12.8. The second kappa shape index (κ2) is 4.10. The molecule has 2 aromatic rings. The zero-order valence-electron chi connectivity index (χ0n) is 9.46.